The third-order valence-corrected chi connectivity index (χ3v) is 5.81. The van der Waals surface area contributed by atoms with E-state index < -0.39 is 17.7 Å². The summed E-state index contributed by atoms with van der Waals surface area (Å²) in [6.45, 7) is 2.59. The molecule has 0 aliphatic heterocycles. The average molecular weight is 570 g/mol. The van der Waals surface area contributed by atoms with Gasteiger partial charge in [-0.25, -0.2) is 4.68 Å². The van der Waals surface area contributed by atoms with E-state index in [4.69, 9.17) is 16.3 Å². The van der Waals surface area contributed by atoms with Crippen molar-refractivity contribution in [2.75, 3.05) is 22.7 Å². The van der Waals surface area contributed by atoms with E-state index in [1.807, 2.05) is 6.92 Å². The van der Waals surface area contributed by atoms with Crippen LogP contribution in [0.2, 0.25) is 5.02 Å². The van der Waals surface area contributed by atoms with Crippen LogP contribution in [0.3, 0.4) is 0 Å². The predicted octanol–water partition coefficient (Wildman–Crippen LogP) is 5.81. The van der Waals surface area contributed by atoms with Crippen molar-refractivity contribution in [1.82, 2.24) is 4.68 Å². The number of anilines is 2. The Bertz CT molecular complexity index is 1440. The Labute approximate surface area is 220 Å². The SMILES string of the molecule is CCCOc1ccc(NC(=O)C(=O)Nn2c(C(=O)Nc3cccc(Cl)c3)cc3cc(Br)ccc32)cc1. The molecule has 0 aliphatic rings. The summed E-state index contributed by atoms with van der Waals surface area (Å²) in [5, 5.41) is 6.45. The fourth-order valence-electron chi connectivity index (χ4n) is 3.43. The van der Waals surface area contributed by atoms with Crippen molar-refractivity contribution in [1.29, 1.82) is 0 Å². The van der Waals surface area contributed by atoms with Gasteiger partial charge in [0.2, 0.25) is 0 Å². The number of carbonyl (C=O) groups excluding carboxylic acids is 3. The quantitative estimate of drug-likeness (QED) is 0.245. The zero-order valence-corrected chi connectivity index (χ0v) is 21.5. The Morgan fingerprint density at radius 3 is 2.42 bits per heavy atom. The molecule has 1 aromatic heterocycles. The molecule has 0 bridgehead atoms. The molecule has 0 saturated carbocycles. The van der Waals surface area contributed by atoms with E-state index in [1.165, 1.54) is 4.68 Å². The molecule has 8 nitrogen and oxygen atoms in total. The third-order valence-electron chi connectivity index (χ3n) is 5.08. The lowest BCUT2D eigenvalue weighted by Crippen LogP contribution is -2.36. The second-order valence-electron chi connectivity index (χ2n) is 7.80. The first kappa shape index (κ1) is 25.3. The largest absolute Gasteiger partial charge is 0.494 e. The summed E-state index contributed by atoms with van der Waals surface area (Å²) >= 11 is 9.43. The third kappa shape index (κ3) is 6.05. The van der Waals surface area contributed by atoms with Gasteiger partial charge in [-0.1, -0.05) is 40.5 Å². The number of benzene rings is 3. The van der Waals surface area contributed by atoms with Crippen LogP contribution in [0, 0.1) is 0 Å². The fourth-order valence-corrected chi connectivity index (χ4v) is 4.00. The Balaban J connectivity index is 1.55. The zero-order chi connectivity index (χ0) is 25.7. The topological polar surface area (TPSA) is 101 Å². The molecular formula is C26H22BrClN4O4. The van der Waals surface area contributed by atoms with Gasteiger partial charge in [-0.05, 0) is 73.2 Å². The van der Waals surface area contributed by atoms with Crippen molar-refractivity contribution < 1.29 is 19.1 Å². The Kier molecular flexibility index (Phi) is 7.92. The number of halogens is 2. The highest BCUT2D eigenvalue weighted by molar-refractivity contribution is 9.10. The maximum Gasteiger partial charge on any atom is 0.328 e. The number of carbonyl (C=O) groups is 3. The minimum Gasteiger partial charge on any atom is -0.494 e. The van der Waals surface area contributed by atoms with E-state index in [0.29, 0.717) is 39.7 Å². The summed E-state index contributed by atoms with van der Waals surface area (Å²) < 4.78 is 7.60. The van der Waals surface area contributed by atoms with Crippen molar-refractivity contribution in [2.24, 2.45) is 0 Å². The molecule has 0 saturated heterocycles. The second kappa shape index (κ2) is 11.3. The molecule has 10 heteroatoms. The summed E-state index contributed by atoms with van der Waals surface area (Å²) in [7, 11) is 0. The van der Waals surface area contributed by atoms with Gasteiger partial charge in [-0.2, -0.15) is 0 Å². The van der Waals surface area contributed by atoms with Gasteiger partial charge in [-0.15, -0.1) is 0 Å². The highest BCUT2D eigenvalue weighted by atomic mass is 79.9. The second-order valence-corrected chi connectivity index (χ2v) is 9.15. The van der Waals surface area contributed by atoms with E-state index >= 15 is 0 Å². The minimum atomic E-state index is -0.946. The maximum atomic E-state index is 13.1. The molecule has 4 aromatic rings. The van der Waals surface area contributed by atoms with Gasteiger partial charge < -0.3 is 15.4 Å². The van der Waals surface area contributed by atoms with Crippen LogP contribution in [0.5, 0.6) is 5.75 Å². The van der Waals surface area contributed by atoms with Gasteiger partial charge in [0.05, 0.1) is 12.1 Å². The number of hydrogen-bond donors (Lipinski definition) is 3. The van der Waals surface area contributed by atoms with Crippen LogP contribution >= 0.6 is 27.5 Å². The number of rotatable bonds is 7. The summed E-state index contributed by atoms with van der Waals surface area (Å²) in [4.78, 5) is 38.5. The molecule has 0 aliphatic carbocycles. The molecule has 0 fully saturated rings. The van der Waals surface area contributed by atoms with E-state index in [0.717, 1.165) is 10.9 Å². The molecule has 1 heterocycles. The van der Waals surface area contributed by atoms with E-state index in [9.17, 15) is 14.4 Å². The van der Waals surface area contributed by atoms with Gasteiger partial charge in [-0.3, -0.25) is 19.8 Å². The molecular weight excluding hydrogens is 548 g/mol. The first-order valence-electron chi connectivity index (χ1n) is 11.1. The number of nitrogens with zero attached hydrogens (tertiary/aromatic N) is 1. The number of ether oxygens (including phenoxy) is 1. The van der Waals surface area contributed by atoms with Crippen LogP contribution in [0.1, 0.15) is 23.8 Å². The van der Waals surface area contributed by atoms with Crippen molar-refractivity contribution in [3.8, 4) is 5.75 Å². The van der Waals surface area contributed by atoms with Crippen LogP contribution in [0.15, 0.2) is 77.3 Å². The first-order valence-corrected chi connectivity index (χ1v) is 12.2. The monoisotopic (exact) mass is 568 g/mol. The summed E-state index contributed by atoms with van der Waals surface area (Å²) in [6, 6.07) is 20.3. The summed E-state index contributed by atoms with van der Waals surface area (Å²) in [5.74, 6) is -1.66. The van der Waals surface area contributed by atoms with Gasteiger partial charge >= 0.3 is 11.8 Å². The average Bonchev–Trinajstić information content (AvgIpc) is 3.21. The molecule has 0 radical (unpaired) electrons. The Morgan fingerprint density at radius 1 is 0.917 bits per heavy atom. The summed E-state index contributed by atoms with van der Waals surface area (Å²) in [6.07, 6.45) is 0.878. The first-order chi connectivity index (χ1) is 17.3. The van der Waals surface area contributed by atoms with Gasteiger partial charge in [0, 0.05) is 26.3 Å². The molecule has 0 spiro atoms. The molecule has 0 unspecified atom stereocenters. The maximum absolute atomic E-state index is 13.1. The number of fused-ring (bicyclic) bond motifs is 1. The molecule has 36 heavy (non-hydrogen) atoms. The van der Waals surface area contributed by atoms with Crippen LogP contribution in [0.4, 0.5) is 11.4 Å². The molecule has 3 aromatic carbocycles. The lowest BCUT2D eigenvalue weighted by atomic mass is 10.2. The van der Waals surface area contributed by atoms with Crippen molar-refractivity contribution in [3.05, 3.63) is 88.0 Å². The molecule has 4 rings (SSSR count). The fraction of sp³-hybridized carbons (Fsp3) is 0.115. The molecule has 184 valence electrons. The van der Waals surface area contributed by atoms with Crippen LogP contribution in [-0.4, -0.2) is 29.0 Å². The number of nitrogens with one attached hydrogen (secondary N) is 3. The van der Waals surface area contributed by atoms with Crippen LogP contribution in [-0.2, 0) is 9.59 Å². The molecule has 0 atom stereocenters. The predicted molar refractivity (Wildman–Crippen MR) is 144 cm³/mol. The smallest absolute Gasteiger partial charge is 0.328 e. The number of amides is 3. The zero-order valence-electron chi connectivity index (χ0n) is 19.2. The van der Waals surface area contributed by atoms with Gasteiger partial charge in [0.25, 0.3) is 5.91 Å². The lowest BCUT2D eigenvalue weighted by molar-refractivity contribution is -0.133. The minimum absolute atomic E-state index is 0.127. The molecule has 3 amide bonds. The van der Waals surface area contributed by atoms with E-state index in [2.05, 4.69) is 32.0 Å². The van der Waals surface area contributed by atoms with Crippen molar-refractivity contribution in [2.45, 2.75) is 13.3 Å². The van der Waals surface area contributed by atoms with Gasteiger partial charge in [0.1, 0.15) is 11.4 Å². The van der Waals surface area contributed by atoms with Crippen molar-refractivity contribution in [3.63, 3.8) is 0 Å². The van der Waals surface area contributed by atoms with E-state index in [1.54, 1.807) is 72.8 Å². The highest BCUT2D eigenvalue weighted by Gasteiger charge is 2.21. The highest BCUT2D eigenvalue weighted by Crippen LogP contribution is 2.24. The lowest BCUT2D eigenvalue weighted by Gasteiger charge is -2.13. The molecule has 3 N–H and O–H groups in total. The summed E-state index contributed by atoms with van der Waals surface area (Å²) in [5.41, 5.74) is 4.11. The number of aromatic nitrogens is 1. The van der Waals surface area contributed by atoms with Crippen LogP contribution < -0.4 is 20.8 Å². The van der Waals surface area contributed by atoms with E-state index in [-0.39, 0.29) is 5.69 Å². The normalized spacial score (nSPS) is 10.6. The van der Waals surface area contributed by atoms with Crippen molar-refractivity contribution >= 4 is 67.5 Å². The number of hydrogen-bond acceptors (Lipinski definition) is 4. The standard InChI is InChI=1S/C26H22BrClN4O4/c1-2-12-36-21-9-7-19(8-10-21)29-25(34)26(35)31-32-22-11-6-17(27)13-16(22)14-23(32)24(33)30-20-5-3-4-18(28)15-20/h3-11,13-15H,2,12H2,1H3,(H,29,34)(H,30,33)(H,31,35). The van der Waals surface area contributed by atoms with Crippen LogP contribution in [0.25, 0.3) is 10.9 Å². The Hall–Kier alpha value is -3.82. The Morgan fingerprint density at radius 2 is 1.69 bits per heavy atom. The van der Waals surface area contributed by atoms with Gasteiger partial charge in [0.15, 0.2) is 0 Å².